The van der Waals surface area contributed by atoms with Crippen LogP contribution in [0.15, 0.2) is 30.6 Å². The molecule has 0 saturated carbocycles. The molecule has 0 fully saturated rings. The van der Waals surface area contributed by atoms with Crippen LogP contribution in [0.2, 0.25) is 0 Å². The second kappa shape index (κ2) is 10.3. The zero-order valence-electron chi connectivity index (χ0n) is 23.5. The summed E-state index contributed by atoms with van der Waals surface area (Å²) in [5.74, 6) is 1.09. The highest BCUT2D eigenvalue weighted by Crippen LogP contribution is 2.37. The zero-order chi connectivity index (χ0) is 28.8. The summed E-state index contributed by atoms with van der Waals surface area (Å²) in [4.78, 5) is 26.3. The summed E-state index contributed by atoms with van der Waals surface area (Å²) in [6.45, 7) is 11.6. The Labute approximate surface area is 229 Å². The van der Waals surface area contributed by atoms with Crippen LogP contribution >= 0.6 is 0 Å². The van der Waals surface area contributed by atoms with Gasteiger partial charge in [-0.15, -0.1) is 0 Å². The summed E-state index contributed by atoms with van der Waals surface area (Å²) >= 11 is 0. The molecule has 10 nitrogen and oxygen atoms in total. The largest absolute Gasteiger partial charge is 0.474 e. The molecule has 3 N–H and O–H groups in total. The van der Waals surface area contributed by atoms with Crippen LogP contribution in [0.4, 0.5) is 11.6 Å². The molecular formula is C28H37N5O5S. The molecule has 0 saturated heterocycles. The molecule has 1 aliphatic heterocycles. The fourth-order valence-electron chi connectivity index (χ4n) is 4.43. The van der Waals surface area contributed by atoms with Crippen LogP contribution in [-0.4, -0.2) is 53.6 Å². The number of nitrogens with zero attached hydrogens (tertiary/aromatic N) is 3. The molecule has 0 aliphatic carbocycles. The first kappa shape index (κ1) is 28.7. The van der Waals surface area contributed by atoms with Crippen LogP contribution in [0.5, 0.6) is 5.88 Å². The van der Waals surface area contributed by atoms with Crippen molar-refractivity contribution in [3.8, 4) is 5.88 Å². The molecule has 3 aromatic rings. The smallest absolute Gasteiger partial charge is 0.340 e. The van der Waals surface area contributed by atoms with Gasteiger partial charge in [0.15, 0.2) is 0 Å². The Morgan fingerprint density at radius 3 is 2.59 bits per heavy atom. The number of rotatable bonds is 9. The average Bonchev–Trinajstić information content (AvgIpc) is 2.86. The quantitative estimate of drug-likeness (QED) is 0.364. The number of cyclic esters (lactones) is 1. The van der Waals surface area contributed by atoms with Crippen molar-refractivity contribution < 1.29 is 22.7 Å². The molecule has 3 aromatic heterocycles. The fourth-order valence-corrected chi connectivity index (χ4v) is 5.19. The fraction of sp³-hybridized carbons (Fsp3) is 0.500. The van der Waals surface area contributed by atoms with Crippen LogP contribution in [0.25, 0.3) is 10.8 Å². The molecule has 0 bridgehead atoms. The van der Waals surface area contributed by atoms with Gasteiger partial charge in [0.2, 0.25) is 5.88 Å². The Bertz CT molecular complexity index is 1520. The number of esters is 1. The molecule has 39 heavy (non-hydrogen) atoms. The monoisotopic (exact) mass is 555 g/mol. The first-order chi connectivity index (χ1) is 18.1. The number of nitrogens with one attached hydrogen (secondary N) is 1. The van der Waals surface area contributed by atoms with Gasteiger partial charge in [0.25, 0.3) is 0 Å². The highest BCUT2D eigenvalue weighted by molar-refractivity contribution is 7.90. The molecule has 0 spiro atoms. The van der Waals surface area contributed by atoms with Gasteiger partial charge in [-0.3, -0.25) is 0 Å². The van der Waals surface area contributed by atoms with Crippen molar-refractivity contribution in [1.82, 2.24) is 15.0 Å². The molecule has 1 unspecified atom stereocenters. The molecule has 4 heterocycles. The number of carbonyl (C=O) groups is 1. The standard InChI is InChI=1S/C28H37N5O5S/c1-8-28(6,29)21-15-31-25(37-16(2)11-12-39(7,35)36)20-14-30-23(13-19(20)21)32-22-10-9-18-24(33-22)27(4,5)17(3)38-26(18)34/h9-10,13-17H,8,11-12,29H2,1-7H3,(H,30,32,33)/t16-,17-,28?/m0/s1. The number of hydrogen-bond acceptors (Lipinski definition) is 10. The number of sulfone groups is 1. The van der Waals surface area contributed by atoms with E-state index in [1.54, 1.807) is 24.5 Å². The lowest BCUT2D eigenvalue weighted by molar-refractivity contribution is 0.00864. The maximum absolute atomic E-state index is 12.4. The zero-order valence-corrected chi connectivity index (χ0v) is 24.3. The predicted octanol–water partition coefficient (Wildman–Crippen LogP) is 4.39. The molecule has 0 aromatic carbocycles. The minimum Gasteiger partial charge on any atom is -0.474 e. The van der Waals surface area contributed by atoms with Crippen LogP contribution in [-0.2, 0) is 25.5 Å². The topological polar surface area (TPSA) is 146 Å². The maximum atomic E-state index is 12.4. The van der Waals surface area contributed by atoms with E-state index in [1.807, 2.05) is 47.6 Å². The van der Waals surface area contributed by atoms with Crippen molar-refractivity contribution >= 4 is 38.2 Å². The van der Waals surface area contributed by atoms with Crippen LogP contribution in [0, 0.1) is 0 Å². The normalized spacial score (nSPS) is 19.1. The van der Waals surface area contributed by atoms with Gasteiger partial charge >= 0.3 is 5.97 Å². The van der Waals surface area contributed by atoms with Gasteiger partial charge in [-0.2, -0.15) is 0 Å². The molecule has 1 aliphatic rings. The van der Waals surface area contributed by atoms with Gasteiger partial charge in [-0.05, 0) is 62.8 Å². The molecular weight excluding hydrogens is 518 g/mol. The van der Waals surface area contributed by atoms with Crippen LogP contribution in [0.1, 0.15) is 76.0 Å². The highest BCUT2D eigenvalue weighted by Gasteiger charge is 2.41. The lowest BCUT2D eigenvalue weighted by atomic mass is 9.79. The summed E-state index contributed by atoms with van der Waals surface area (Å²) in [6, 6.07) is 5.32. The van der Waals surface area contributed by atoms with E-state index in [0.717, 1.165) is 10.9 Å². The number of ether oxygens (including phenoxy) is 2. The van der Waals surface area contributed by atoms with E-state index in [1.165, 1.54) is 6.26 Å². The minimum absolute atomic E-state index is 0.0221. The maximum Gasteiger partial charge on any atom is 0.340 e. The van der Waals surface area contributed by atoms with E-state index in [-0.39, 0.29) is 23.9 Å². The van der Waals surface area contributed by atoms with Gasteiger partial charge < -0.3 is 20.5 Å². The van der Waals surface area contributed by atoms with Crippen LogP contribution in [0.3, 0.4) is 0 Å². The lowest BCUT2D eigenvalue weighted by Crippen LogP contribution is -2.42. The lowest BCUT2D eigenvalue weighted by Gasteiger charge is -2.36. The third-order valence-corrected chi connectivity index (χ3v) is 8.55. The Morgan fingerprint density at radius 1 is 1.21 bits per heavy atom. The highest BCUT2D eigenvalue weighted by atomic mass is 32.2. The number of hydrogen-bond donors (Lipinski definition) is 2. The molecule has 0 radical (unpaired) electrons. The van der Waals surface area contributed by atoms with Crippen molar-refractivity contribution in [2.45, 2.75) is 77.5 Å². The molecule has 0 amide bonds. The van der Waals surface area contributed by atoms with E-state index >= 15 is 0 Å². The minimum atomic E-state index is -3.11. The summed E-state index contributed by atoms with van der Waals surface area (Å²) in [6.07, 6.45) is 4.91. The number of fused-ring (bicyclic) bond motifs is 2. The second-order valence-electron chi connectivity index (χ2n) is 11.2. The van der Waals surface area contributed by atoms with E-state index in [4.69, 9.17) is 20.2 Å². The van der Waals surface area contributed by atoms with Crippen molar-refractivity contribution in [2.24, 2.45) is 5.73 Å². The summed E-state index contributed by atoms with van der Waals surface area (Å²) in [7, 11) is -3.11. The number of pyridine rings is 3. The summed E-state index contributed by atoms with van der Waals surface area (Å²) in [5, 5.41) is 4.75. The molecule has 3 atom stereocenters. The third-order valence-electron chi connectivity index (χ3n) is 7.57. The van der Waals surface area contributed by atoms with Gasteiger partial charge in [0.05, 0.1) is 28.5 Å². The Kier molecular flexibility index (Phi) is 7.61. The Morgan fingerprint density at radius 2 is 1.92 bits per heavy atom. The van der Waals surface area contributed by atoms with Crippen molar-refractivity contribution in [1.29, 1.82) is 0 Å². The van der Waals surface area contributed by atoms with Gasteiger partial charge in [-0.25, -0.2) is 28.2 Å². The first-order valence-corrected chi connectivity index (χ1v) is 15.1. The van der Waals surface area contributed by atoms with Gasteiger partial charge in [0, 0.05) is 29.6 Å². The van der Waals surface area contributed by atoms with Crippen molar-refractivity contribution in [3.63, 3.8) is 0 Å². The average molecular weight is 556 g/mol. The summed E-state index contributed by atoms with van der Waals surface area (Å²) < 4.78 is 34.7. The number of aromatic nitrogens is 3. The Hall–Kier alpha value is -3.31. The van der Waals surface area contributed by atoms with E-state index in [2.05, 4.69) is 15.3 Å². The van der Waals surface area contributed by atoms with E-state index in [9.17, 15) is 13.2 Å². The first-order valence-electron chi connectivity index (χ1n) is 13.0. The molecule has 11 heteroatoms. The predicted molar refractivity (Wildman–Crippen MR) is 151 cm³/mol. The summed E-state index contributed by atoms with van der Waals surface area (Å²) in [5.41, 5.74) is 7.48. The molecule has 4 rings (SSSR count). The number of anilines is 2. The Balaban J connectivity index is 1.72. The second-order valence-corrected chi connectivity index (χ2v) is 13.5. The van der Waals surface area contributed by atoms with Crippen molar-refractivity contribution in [3.05, 3.63) is 47.4 Å². The number of nitrogens with two attached hydrogens (primary N) is 1. The third kappa shape index (κ3) is 5.99. The number of carbonyl (C=O) groups excluding carboxylic acids is 1. The van der Waals surface area contributed by atoms with Crippen LogP contribution < -0.4 is 15.8 Å². The van der Waals surface area contributed by atoms with E-state index in [0.29, 0.717) is 47.0 Å². The van der Waals surface area contributed by atoms with Gasteiger partial charge in [-0.1, -0.05) is 20.8 Å². The van der Waals surface area contributed by atoms with Gasteiger partial charge in [0.1, 0.15) is 27.6 Å². The molecule has 210 valence electrons. The van der Waals surface area contributed by atoms with E-state index < -0.39 is 20.8 Å². The SMILES string of the molecule is CCC(C)(N)c1cnc(O[C@@H](C)CCS(C)(=O)=O)c2cnc(Nc3ccc4c(n3)C(C)(C)[C@H](C)OC4=O)cc12. The van der Waals surface area contributed by atoms with Crippen molar-refractivity contribution in [2.75, 3.05) is 17.3 Å².